The molecule has 0 atom stereocenters. The van der Waals surface area contributed by atoms with Crippen LogP contribution in [0.4, 0.5) is 5.69 Å². The van der Waals surface area contributed by atoms with Gasteiger partial charge in [0.2, 0.25) is 5.91 Å². The number of carbonyl (C=O) groups excluding carboxylic acids is 2. The second kappa shape index (κ2) is 7.91. The lowest BCUT2D eigenvalue weighted by Crippen LogP contribution is -2.27. The molecule has 1 fully saturated rings. The first-order valence-electron chi connectivity index (χ1n) is 9.82. The number of H-pyrrole nitrogens is 1. The fourth-order valence-electron chi connectivity index (χ4n) is 3.67. The first kappa shape index (κ1) is 18.9. The van der Waals surface area contributed by atoms with Crippen LogP contribution in [0.5, 0.6) is 0 Å². The van der Waals surface area contributed by atoms with Gasteiger partial charge in [0.05, 0.1) is 0 Å². The highest BCUT2D eigenvalue weighted by Crippen LogP contribution is 2.21. The molecule has 0 spiro atoms. The Hall–Kier alpha value is -3.41. The molecule has 1 aromatic heterocycles. The van der Waals surface area contributed by atoms with Crippen molar-refractivity contribution in [2.45, 2.75) is 26.2 Å². The van der Waals surface area contributed by atoms with Crippen LogP contribution >= 0.6 is 0 Å². The van der Waals surface area contributed by atoms with Gasteiger partial charge in [0.25, 0.3) is 11.5 Å². The van der Waals surface area contributed by atoms with Crippen molar-refractivity contribution < 1.29 is 9.59 Å². The molecule has 3 aromatic rings. The molecule has 6 nitrogen and oxygen atoms in total. The van der Waals surface area contributed by atoms with E-state index in [0.29, 0.717) is 30.5 Å². The quantitative estimate of drug-likeness (QED) is 0.704. The number of anilines is 1. The predicted molar refractivity (Wildman–Crippen MR) is 113 cm³/mol. The average Bonchev–Trinajstić information content (AvgIpc) is 3.14. The SMILES string of the molecule is Cc1ccc2cc(CCNC(=O)c3ccc(N4CCCC4=O)cc3)c(=O)[nH]c2c1. The predicted octanol–water partition coefficient (Wildman–Crippen LogP) is 2.94. The minimum atomic E-state index is -0.197. The number of benzene rings is 2. The van der Waals surface area contributed by atoms with Crippen LogP contribution in [0.15, 0.2) is 53.3 Å². The van der Waals surface area contributed by atoms with E-state index in [4.69, 9.17) is 0 Å². The third kappa shape index (κ3) is 4.06. The summed E-state index contributed by atoms with van der Waals surface area (Å²) in [5.41, 5.74) is 3.78. The van der Waals surface area contributed by atoms with Gasteiger partial charge in [-0.3, -0.25) is 14.4 Å². The number of hydrogen-bond acceptors (Lipinski definition) is 3. The average molecular weight is 389 g/mol. The molecular weight excluding hydrogens is 366 g/mol. The van der Waals surface area contributed by atoms with Crippen LogP contribution in [0.3, 0.4) is 0 Å². The van der Waals surface area contributed by atoms with E-state index in [9.17, 15) is 14.4 Å². The van der Waals surface area contributed by atoms with E-state index >= 15 is 0 Å². The van der Waals surface area contributed by atoms with Gasteiger partial charge in [-0.25, -0.2) is 0 Å². The molecular formula is C23H23N3O3. The van der Waals surface area contributed by atoms with E-state index in [2.05, 4.69) is 10.3 Å². The minimum Gasteiger partial charge on any atom is -0.352 e. The summed E-state index contributed by atoms with van der Waals surface area (Å²) >= 11 is 0. The largest absolute Gasteiger partial charge is 0.352 e. The smallest absolute Gasteiger partial charge is 0.251 e. The first-order valence-corrected chi connectivity index (χ1v) is 9.82. The number of rotatable bonds is 5. The number of hydrogen-bond donors (Lipinski definition) is 2. The molecule has 0 unspecified atom stereocenters. The number of nitrogens with one attached hydrogen (secondary N) is 2. The fourth-order valence-corrected chi connectivity index (χ4v) is 3.67. The van der Waals surface area contributed by atoms with Crippen molar-refractivity contribution >= 4 is 28.4 Å². The molecule has 1 aliphatic rings. The number of aromatic nitrogens is 1. The molecule has 2 heterocycles. The topological polar surface area (TPSA) is 82.3 Å². The van der Waals surface area contributed by atoms with Crippen molar-refractivity contribution in [2.24, 2.45) is 0 Å². The minimum absolute atomic E-state index is 0.123. The van der Waals surface area contributed by atoms with E-state index in [1.54, 1.807) is 29.2 Å². The van der Waals surface area contributed by atoms with Crippen LogP contribution in [-0.2, 0) is 11.2 Å². The Balaban J connectivity index is 1.38. The Morgan fingerprint density at radius 2 is 1.90 bits per heavy atom. The molecule has 1 aliphatic heterocycles. The standard InChI is InChI=1S/C23H23N3O3/c1-15-4-5-17-14-18(23(29)25-20(17)13-15)10-11-24-22(28)16-6-8-19(9-7-16)26-12-2-3-21(26)27/h4-9,13-14H,2-3,10-12H2,1H3,(H,24,28)(H,25,29). The Kier molecular flexibility index (Phi) is 5.16. The number of fused-ring (bicyclic) bond motifs is 1. The van der Waals surface area contributed by atoms with Crippen LogP contribution < -0.4 is 15.8 Å². The van der Waals surface area contributed by atoms with Crippen LogP contribution in [-0.4, -0.2) is 29.9 Å². The van der Waals surface area contributed by atoms with E-state index in [1.807, 2.05) is 31.2 Å². The Morgan fingerprint density at radius 3 is 2.62 bits per heavy atom. The Labute approximate surface area is 168 Å². The van der Waals surface area contributed by atoms with Crippen LogP contribution in [0.25, 0.3) is 10.9 Å². The Bertz CT molecular complexity index is 1130. The van der Waals surface area contributed by atoms with Crippen LogP contribution in [0, 0.1) is 6.92 Å². The first-order chi connectivity index (χ1) is 14.0. The summed E-state index contributed by atoms with van der Waals surface area (Å²) in [5.74, 6) is -0.0740. The molecule has 2 amide bonds. The summed E-state index contributed by atoms with van der Waals surface area (Å²) in [5, 5.41) is 3.83. The maximum Gasteiger partial charge on any atom is 0.251 e. The molecule has 0 bridgehead atoms. The number of carbonyl (C=O) groups is 2. The zero-order valence-electron chi connectivity index (χ0n) is 16.3. The molecule has 0 radical (unpaired) electrons. The zero-order chi connectivity index (χ0) is 20.4. The third-order valence-corrected chi connectivity index (χ3v) is 5.27. The van der Waals surface area contributed by atoms with E-state index in [-0.39, 0.29) is 17.4 Å². The fraction of sp³-hybridized carbons (Fsp3) is 0.261. The summed E-state index contributed by atoms with van der Waals surface area (Å²) in [6, 6.07) is 14.9. The number of amides is 2. The van der Waals surface area contributed by atoms with Gasteiger partial charge >= 0.3 is 0 Å². The number of aryl methyl sites for hydroxylation is 1. The Morgan fingerprint density at radius 1 is 1.10 bits per heavy atom. The summed E-state index contributed by atoms with van der Waals surface area (Å²) in [4.78, 5) is 41.1. The molecule has 0 saturated carbocycles. The molecule has 148 valence electrons. The number of aromatic amines is 1. The van der Waals surface area contributed by atoms with Gasteiger partial charge < -0.3 is 15.2 Å². The lowest BCUT2D eigenvalue weighted by Gasteiger charge is -2.15. The maximum absolute atomic E-state index is 12.4. The zero-order valence-corrected chi connectivity index (χ0v) is 16.3. The highest BCUT2D eigenvalue weighted by atomic mass is 16.2. The normalized spacial score (nSPS) is 13.8. The second-order valence-corrected chi connectivity index (χ2v) is 7.42. The molecule has 0 aliphatic carbocycles. The maximum atomic E-state index is 12.4. The third-order valence-electron chi connectivity index (χ3n) is 5.27. The van der Waals surface area contributed by atoms with E-state index in [0.717, 1.165) is 35.1 Å². The summed E-state index contributed by atoms with van der Waals surface area (Å²) in [6.45, 7) is 3.08. The van der Waals surface area contributed by atoms with Crippen molar-refractivity contribution in [2.75, 3.05) is 18.0 Å². The number of pyridine rings is 1. The van der Waals surface area contributed by atoms with Gasteiger partial charge in [-0.2, -0.15) is 0 Å². The van der Waals surface area contributed by atoms with Crippen LogP contribution in [0.1, 0.15) is 34.3 Å². The monoisotopic (exact) mass is 389 g/mol. The van der Waals surface area contributed by atoms with Crippen molar-refractivity contribution in [3.63, 3.8) is 0 Å². The molecule has 2 N–H and O–H groups in total. The lowest BCUT2D eigenvalue weighted by molar-refractivity contribution is -0.117. The van der Waals surface area contributed by atoms with Gasteiger partial charge in [0, 0.05) is 41.8 Å². The van der Waals surface area contributed by atoms with Gasteiger partial charge in [0.1, 0.15) is 0 Å². The van der Waals surface area contributed by atoms with Crippen molar-refractivity contribution in [3.8, 4) is 0 Å². The molecule has 6 heteroatoms. The van der Waals surface area contributed by atoms with Gasteiger partial charge in [-0.05, 0) is 67.1 Å². The van der Waals surface area contributed by atoms with E-state index < -0.39 is 0 Å². The molecule has 1 saturated heterocycles. The highest BCUT2D eigenvalue weighted by Gasteiger charge is 2.21. The summed E-state index contributed by atoms with van der Waals surface area (Å²) < 4.78 is 0. The summed E-state index contributed by atoms with van der Waals surface area (Å²) in [7, 11) is 0. The van der Waals surface area contributed by atoms with Crippen molar-refractivity contribution in [1.82, 2.24) is 10.3 Å². The molecule has 4 rings (SSSR count). The van der Waals surface area contributed by atoms with Gasteiger partial charge in [-0.15, -0.1) is 0 Å². The molecule has 2 aromatic carbocycles. The lowest BCUT2D eigenvalue weighted by atomic mass is 10.1. The summed E-state index contributed by atoms with van der Waals surface area (Å²) in [6.07, 6.45) is 1.90. The van der Waals surface area contributed by atoms with E-state index in [1.165, 1.54) is 0 Å². The van der Waals surface area contributed by atoms with Crippen molar-refractivity contribution in [1.29, 1.82) is 0 Å². The number of nitrogens with zero attached hydrogens (tertiary/aromatic N) is 1. The molecule has 29 heavy (non-hydrogen) atoms. The van der Waals surface area contributed by atoms with Crippen LogP contribution in [0.2, 0.25) is 0 Å². The highest BCUT2D eigenvalue weighted by molar-refractivity contribution is 5.97. The second-order valence-electron chi connectivity index (χ2n) is 7.42. The van der Waals surface area contributed by atoms with Gasteiger partial charge in [-0.1, -0.05) is 12.1 Å². The van der Waals surface area contributed by atoms with Crippen molar-refractivity contribution in [3.05, 3.63) is 75.6 Å². The van der Waals surface area contributed by atoms with Gasteiger partial charge in [0.15, 0.2) is 0 Å².